The third kappa shape index (κ3) is 1.87. The van der Waals surface area contributed by atoms with Crippen LogP contribution in [0, 0.1) is 5.82 Å². The smallest absolute Gasteiger partial charge is 0.170 e. The molecule has 0 radical (unpaired) electrons. The highest BCUT2D eigenvalue weighted by atomic mass is 19.1. The van der Waals surface area contributed by atoms with Gasteiger partial charge in [0.25, 0.3) is 0 Å². The molecule has 0 aromatic heterocycles. The second-order valence-corrected chi connectivity index (χ2v) is 3.59. The molecule has 1 atom stereocenters. The molecule has 0 aliphatic heterocycles. The topological polar surface area (TPSA) is 35.2 Å². The highest BCUT2D eigenvalue weighted by Gasteiger charge is 2.24. The van der Waals surface area contributed by atoms with Gasteiger partial charge in [0.05, 0.1) is 7.11 Å². The van der Waals surface area contributed by atoms with Crippen molar-refractivity contribution < 1.29 is 9.13 Å². The van der Waals surface area contributed by atoms with Crippen LogP contribution in [0.3, 0.4) is 0 Å². The fourth-order valence-corrected chi connectivity index (χ4v) is 1.30. The molecule has 1 aromatic rings. The monoisotopic (exact) mass is 197 g/mol. The van der Waals surface area contributed by atoms with Crippen LogP contribution in [0.5, 0.6) is 5.75 Å². The minimum atomic E-state index is -0.640. The zero-order valence-corrected chi connectivity index (χ0v) is 8.80. The summed E-state index contributed by atoms with van der Waals surface area (Å²) in [6, 6.07) is 5.03. The lowest BCUT2D eigenvalue weighted by molar-refractivity contribution is 0.371. The third-order valence-electron chi connectivity index (χ3n) is 2.53. The summed E-state index contributed by atoms with van der Waals surface area (Å²) < 4.78 is 18.6. The van der Waals surface area contributed by atoms with Gasteiger partial charge in [-0.25, -0.2) is 4.39 Å². The quantitative estimate of drug-likeness (QED) is 0.807. The van der Waals surface area contributed by atoms with Crippen molar-refractivity contribution in [1.82, 2.24) is 0 Å². The van der Waals surface area contributed by atoms with Crippen LogP contribution in [0.1, 0.15) is 25.8 Å². The normalized spacial score (nSPS) is 14.9. The fourth-order valence-electron chi connectivity index (χ4n) is 1.30. The van der Waals surface area contributed by atoms with Gasteiger partial charge in [-0.05, 0) is 19.4 Å². The Kier molecular flexibility index (Phi) is 3.11. The van der Waals surface area contributed by atoms with Gasteiger partial charge in [0.2, 0.25) is 0 Å². The van der Waals surface area contributed by atoms with E-state index in [0.29, 0.717) is 12.0 Å². The molecule has 0 fully saturated rings. The molecule has 0 amide bonds. The number of hydrogen-bond donors (Lipinski definition) is 1. The zero-order chi connectivity index (χ0) is 10.8. The largest absolute Gasteiger partial charge is 0.494 e. The maximum atomic E-state index is 13.8. The van der Waals surface area contributed by atoms with Crippen molar-refractivity contribution >= 4 is 0 Å². The summed E-state index contributed by atoms with van der Waals surface area (Å²) in [5, 5.41) is 0. The number of halogens is 1. The first-order chi connectivity index (χ1) is 6.53. The highest BCUT2D eigenvalue weighted by molar-refractivity contribution is 5.35. The molecule has 1 rings (SSSR count). The fraction of sp³-hybridized carbons (Fsp3) is 0.455. The molecule has 1 unspecified atom stereocenters. The van der Waals surface area contributed by atoms with E-state index in [1.165, 1.54) is 7.11 Å². The van der Waals surface area contributed by atoms with Gasteiger partial charge in [-0.15, -0.1) is 0 Å². The van der Waals surface area contributed by atoms with Gasteiger partial charge < -0.3 is 10.5 Å². The minimum absolute atomic E-state index is 0.243. The number of ether oxygens (including phenoxy) is 1. The number of rotatable bonds is 3. The lowest BCUT2D eigenvalue weighted by Crippen LogP contribution is -2.33. The van der Waals surface area contributed by atoms with Gasteiger partial charge >= 0.3 is 0 Å². The van der Waals surface area contributed by atoms with E-state index in [-0.39, 0.29) is 11.6 Å². The van der Waals surface area contributed by atoms with Gasteiger partial charge in [-0.3, -0.25) is 0 Å². The van der Waals surface area contributed by atoms with Crippen LogP contribution in [-0.2, 0) is 5.54 Å². The Balaban J connectivity index is 3.22. The first-order valence-electron chi connectivity index (χ1n) is 4.64. The lowest BCUT2D eigenvalue weighted by Gasteiger charge is -2.24. The molecule has 0 saturated carbocycles. The van der Waals surface area contributed by atoms with Crippen molar-refractivity contribution in [2.24, 2.45) is 5.73 Å². The van der Waals surface area contributed by atoms with Gasteiger partial charge in [0.15, 0.2) is 11.6 Å². The van der Waals surface area contributed by atoms with Crippen molar-refractivity contribution in [1.29, 1.82) is 0 Å². The highest BCUT2D eigenvalue weighted by Crippen LogP contribution is 2.29. The predicted octanol–water partition coefficient (Wildman–Crippen LogP) is 2.42. The summed E-state index contributed by atoms with van der Waals surface area (Å²) in [6.07, 6.45) is 0.678. The van der Waals surface area contributed by atoms with E-state index in [2.05, 4.69) is 0 Å². The Morgan fingerprint density at radius 1 is 1.50 bits per heavy atom. The van der Waals surface area contributed by atoms with Crippen molar-refractivity contribution in [3.8, 4) is 5.75 Å². The molecular formula is C11H16FNO. The zero-order valence-electron chi connectivity index (χ0n) is 8.80. The molecule has 78 valence electrons. The summed E-state index contributed by atoms with van der Waals surface area (Å²) in [6.45, 7) is 3.74. The van der Waals surface area contributed by atoms with E-state index in [1.54, 1.807) is 18.2 Å². The lowest BCUT2D eigenvalue weighted by atomic mass is 9.90. The molecule has 0 bridgehead atoms. The summed E-state index contributed by atoms with van der Waals surface area (Å²) in [5.41, 5.74) is 5.83. The average molecular weight is 197 g/mol. The Hall–Kier alpha value is -1.09. The first-order valence-corrected chi connectivity index (χ1v) is 4.64. The molecule has 14 heavy (non-hydrogen) atoms. The SMILES string of the molecule is CCC(C)(N)c1cccc(OC)c1F. The standard InChI is InChI=1S/C11H16FNO/c1-4-11(2,13)8-6-5-7-9(14-3)10(8)12/h5-7H,4,13H2,1-3H3. The molecule has 3 heteroatoms. The molecular weight excluding hydrogens is 181 g/mol. The van der Waals surface area contributed by atoms with Crippen LogP contribution >= 0.6 is 0 Å². The molecule has 0 spiro atoms. The first kappa shape index (κ1) is 11.0. The maximum absolute atomic E-state index is 13.8. The van der Waals surface area contributed by atoms with E-state index >= 15 is 0 Å². The second kappa shape index (κ2) is 3.96. The molecule has 2 N–H and O–H groups in total. The third-order valence-corrected chi connectivity index (χ3v) is 2.53. The maximum Gasteiger partial charge on any atom is 0.170 e. The number of methoxy groups -OCH3 is 1. The van der Waals surface area contributed by atoms with Crippen LogP contribution in [0.15, 0.2) is 18.2 Å². The predicted molar refractivity (Wildman–Crippen MR) is 54.8 cm³/mol. The van der Waals surface area contributed by atoms with Crippen LogP contribution in [0.2, 0.25) is 0 Å². The second-order valence-electron chi connectivity index (χ2n) is 3.59. The summed E-state index contributed by atoms with van der Waals surface area (Å²) in [7, 11) is 1.45. The van der Waals surface area contributed by atoms with Crippen LogP contribution in [0.4, 0.5) is 4.39 Å². The number of benzene rings is 1. The molecule has 1 aromatic carbocycles. The molecule has 0 aliphatic carbocycles. The Morgan fingerprint density at radius 3 is 2.64 bits per heavy atom. The van der Waals surface area contributed by atoms with E-state index in [4.69, 9.17) is 10.5 Å². The van der Waals surface area contributed by atoms with Crippen LogP contribution in [-0.4, -0.2) is 7.11 Å². The van der Waals surface area contributed by atoms with E-state index in [9.17, 15) is 4.39 Å². The van der Waals surface area contributed by atoms with Gasteiger partial charge in [0, 0.05) is 11.1 Å². The van der Waals surface area contributed by atoms with E-state index < -0.39 is 5.54 Å². The summed E-state index contributed by atoms with van der Waals surface area (Å²) in [5.74, 6) is -0.116. The van der Waals surface area contributed by atoms with Gasteiger partial charge in [-0.1, -0.05) is 19.1 Å². The van der Waals surface area contributed by atoms with Crippen molar-refractivity contribution in [2.75, 3.05) is 7.11 Å². The van der Waals surface area contributed by atoms with Crippen LogP contribution in [0.25, 0.3) is 0 Å². The minimum Gasteiger partial charge on any atom is -0.494 e. The van der Waals surface area contributed by atoms with Gasteiger partial charge in [0.1, 0.15) is 0 Å². The van der Waals surface area contributed by atoms with Gasteiger partial charge in [-0.2, -0.15) is 0 Å². The van der Waals surface area contributed by atoms with Crippen molar-refractivity contribution in [3.05, 3.63) is 29.6 Å². The molecule has 0 saturated heterocycles. The van der Waals surface area contributed by atoms with E-state index in [1.807, 2.05) is 13.8 Å². The Labute approximate surface area is 83.9 Å². The Morgan fingerprint density at radius 2 is 2.14 bits per heavy atom. The van der Waals surface area contributed by atoms with Crippen molar-refractivity contribution in [3.63, 3.8) is 0 Å². The van der Waals surface area contributed by atoms with Crippen LogP contribution < -0.4 is 10.5 Å². The summed E-state index contributed by atoms with van der Waals surface area (Å²) >= 11 is 0. The summed E-state index contributed by atoms with van der Waals surface area (Å²) in [4.78, 5) is 0. The molecule has 2 nitrogen and oxygen atoms in total. The molecule has 0 heterocycles. The number of hydrogen-bond acceptors (Lipinski definition) is 2. The molecule has 0 aliphatic rings. The average Bonchev–Trinajstić information content (AvgIpc) is 2.18. The number of nitrogens with two attached hydrogens (primary N) is 1. The Bertz CT molecular complexity index is 323. The van der Waals surface area contributed by atoms with Crippen molar-refractivity contribution in [2.45, 2.75) is 25.8 Å². The van der Waals surface area contributed by atoms with E-state index in [0.717, 1.165) is 0 Å².